The lowest BCUT2D eigenvalue weighted by Gasteiger charge is -2.34. The van der Waals surface area contributed by atoms with Gasteiger partial charge in [0.05, 0.1) is 0 Å². The lowest BCUT2D eigenvalue weighted by molar-refractivity contribution is -0.149. The number of amides is 1. The zero-order chi connectivity index (χ0) is 15.3. The van der Waals surface area contributed by atoms with Crippen molar-refractivity contribution in [3.05, 3.63) is 28.7 Å². The quantitative estimate of drug-likeness (QED) is 0.891. The first-order valence-electron chi connectivity index (χ1n) is 6.11. The highest BCUT2D eigenvalue weighted by molar-refractivity contribution is 9.10. The SMILES string of the molecule is CC(C)(C)N(CC(=O)O)C(=O)COc1ccc(Br)cc1. The predicted octanol–water partition coefficient (Wildman–Crippen LogP) is 2.54. The molecule has 20 heavy (non-hydrogen) atoms. The van der Waals surface area contributed by atoms with Gasteiger partial charge in [-0.25, -0.2) is 0 Å². The van der Waals surface area contributed by atoms with Crippen LogP contribution >= 0.6 is 15.9 Å². The number of nitrogens with zero attached hydrogens (tertiary/aromatic N) is 1. The summed E-state index contributed by atoms with van der Waals surface area (Å²) in [5.74, 6) is -0.842. The van der Waals surface area contributed by atoms with E-state index in [2.05, 4.69) is 15.9 Å². The van der Waals surface area contributed by atoms with Gasteiger partial charge in [-0.15, -0.1) is 0 Å². The second-order valence-electron chi connectivity index (χ2n) is 5.29. The Bertz CT molecular complexity index is 479. The van der Waals surface area contributed by atoms with E-state index in [0.717, 1.165) is 4.47 Å². The van der Waals surface area contributed by atoms with Crippen LogP contribution in [-0.2, 0) is 9.59 Å². The van der Waals surface area contributed by atoms with E-state index in [9.17, 15) is 9.59 Å². The van der Waals surface area contributed by atoms with Crippen LogP contribution in [0, 0.1) is 0 Å². The molecule has 1 rings (SSSR count). The summed E-state index contributed by atoms with van der Waals surface area (Å²) in [4.78, 5) is 24.2. The highest BCUT2D eigenvalue weighted by Gasteiger charge is 2.28. The molecule has 0 saturated heterocycles. The largest absolute Gasteiger partial charge is 0.484 e. The number of halogens is 1. The number of benzene rings is 1. The van der Waals surface area contributed by atoms with Crippen molar-refractivity contribution in [3.8, 4) is 5.75 Å². The molecule has 0 fully saturated rings. The van der Waals surface area contributed by atoms with Crippen LogP contribution in [0.4, 0.5) is 0 Å². The lowest BCUT2D eigenvalue weighted by atomic mass is 10.1. The summed E-state index contributed by atoms with van der Waals surface area (Å²) in [5, 5.41) is 8.87. The van der Waals surface area contributed by atoms with Gasteiger partial charge in [-0.05, 0) is 45.0 Å². The third-order valence-corrected chi connectivity index (χ3v) is 3.11. The maximum Gasteiger partial charge on any atom is 0.323 e. The summed E-state index contributed by atoms with van der Waals surface area (Å²) < 4.78 is 6.29. The monoisotopic (exact) mass is 343 g/mol. The number of carboxylic acids is 1. The first-order chi connectivity index (χ1) is 9.20. The van der Waals surface area contributed by atoms with Crippen molar-refractivity contribution < 1.29 is 19.4 Å². The fraction of sp³-hybridized carbons (Fsp3) is 0.429. The average Bonchev–Trinajstić information content (AvgIpc) is 2.33. The van der Waals surface area contributed by atoms with Gasteiger partial charge in [0.1, 0.15) is 12.3 Å². The number of carbonyl (C=O) groups is 2. The van der Waals surface area contributed by atoms with E-state index in [1.54, 1.807) is 45.0 Å². The minimum Gasteiger partial charge on any atom is -0.484 e. The molecule has 0 unspecified atom stereocenters. The number of hydrogen-bond acceptors (Lipinski definition) is 3. The van der Waals surface area contributed by atoms with E-state index in [1.165, 1.54) is 4.90 Å². The zero-order valence-corrected chi connectivity index (χ0v) is 13.3. The van der Waals surface area contributed by atoms with Crippen molar-refractivity contribution in [2.45, 2.75) is 26.3 Å². The molecule has 110 valence electrons. The molecule has 0 aliphatic rings. The van der Waals surface area contributed by atoms with Crippen molar-refractivity contribution in [1.82, 2.24) is 4.90 Å². The predicted molar refractivity (Wildman–Crippen MR) is 78.7 cm³/mol. The lowest BCUT2D eigenvalue weighted by Crippen LogP contribution is -2.50. The van der Waals surface area contributed by atoms with Crippen LogP contribution in [0.3, 0.4) is 0 Å². The fourth-order valence-corrected chi connectivity index (χ4v) is 1.85. The zero-order valence-electron chi connectivity index (χ0n) is 11.7. The molecule has 0 atom stereocenters. The Balaban J connectivity index is 2.67. The van der Waals surface area contributed by atoms with E-state index in [-0.39, 0.29) is 19.1 Å². The van der Waals surface area contributed by atoms with Crippen LogP contribution in [0.1, 0.15) is 20.8 Å². The molecule has 0 heterocycles. The molecule has 0 aromatic heterocycles. The molecule has 1 aromatic carbocycles. The molecule has 5 nitrogen and oxygen atoms in total. The normalized spacial score (nSPS) is 11.0. The maximum absolute atomic E-state index is 12.1. The first kappa shape index (κ1) is 16.5. The van der Waals surface area contributed by atoms with Gasteiger partial charge in [0.25, 0.3) is 5.91 Å². The summed E-state index contributed by atoms with van der Waals surface area (Å²) in [6, 6.07) is 7.07. The number of ether oxygens (including phenoxy) is 1. The molecule has 0 bridgehead atoms. The molecule has 1 aromatic rings. The molecule has 0 aliphatic carbocycles. The molecule has 0 radical (unpaired) electrons. The minimum absolute atomic E-state index is 0.188. The Hall–Kier alpha value is -1.56. The van der Waals surface area contributed by atoms with E-state index in [4.69, 9.17) is 9.84 Å². The van der Waals surface area contributed by atoms with Crippen LogP contribution in [-0.4, -0.2) is 40.6 Å². The fourth-order valence-electron chi connectivity index (χ4n) is 1.59. The second kappa shape index (κ2) is 6.74. The number of carbonyl (C=O) groups excluding carboxylic acids is 1. The van der Waals surface area contributed by atoms with Crippen molar-refractivity contribution >= 4 is 27.8 Å². The summed E-state index contributed by atoms with van der Waals surface area (Å²) in [6.07, 6.45) is 0. The van der Waals surface area contributed by atoms with E-state index >= 15 is 0 Å². The first-order valence-corrected chi connectivity index (χ1v) is 6.90. The molecule has 1 amide bonds. The van der Waals surface area contributed by atoms with Crippen LogP contribution in [0.25, 0.3) is 0 Å². The summed E-state index contributed by atoms with van der Waals surface area (Å²) >= 11 is 3.31. The average molecular weight is 344 g/mol. The molecule has 0 spiro atoms. The number of rotatable bonds is 5. The standard InChI is InChI=1S/C14H18BrNO4/c1-14(2,3)16(8-13(18)19)12(17)9-20-11-6-4-10(15)5-7-11/h4-7H,8-9H2,1-3H3,(H,18,19). The Morgan fingerprint density at radius 3 is 2.25 bits per heavy atom. The van der Waals surface area contributed by atoms with Crippen molar-refractivity contribution in [3.63, 3.8) is 0 Å². The van der Waals surface area contributed by atoms with Crippen molar-refractivity contribution in [1.29, 1.82) is 0 Å². The summed E-state index contributed by atoms with van der Waals surface area (Å²) in [6.45, 7) is 4.83. The second-order valence-corrected chi connectivity index (χ2v) is 6.20. The van der Waals surface area contributed by atoms with Crippen LogP contribution < -0.4 is 4.74 Å². The van der Waals surface area contributed by atoms with Crippen LogP contribution in [0.5, 0.6) is 5.75 Å². The van der Waals surface area contributed by atoms with Gasteiger partial charge >= 0.3 is 5.97 Å². The minimum atomic E-state index is -1.04. The van der Waals surface area contributed by atoms with Crippen molar-refractivity contribution in [2.75, 3.05) is 13.2 Å². The molecule has 0 aliphatic heterocycles. The van der Waals surface area contributed by atoms with Gasteiger partial charge in [0, 0.05) is 10.0 Å². The molecule has 0 saturated carbocycles. The van der Waals surface area contributed by atoms with E-state index in [1.807, 2.05) is 0 Å². The van der Waals surface area contributed by atoms with Gasteiger partial charge in [-0.2, -0.15) is 0 Å². The number of carboxylic acid groups (broad SMARTS) is 1. The highest BCUT2D eigenvalue weighted by Crippen LogP contribution is 2.17. The Morgan fingerprint density at radius 2 is 1.80 bits per heavy atom. The third-order valence-electron chi connectivity index (χ3n) is 2.58. The van der Waals surface area contributed by atoms with Gasteiger partial charge < -0.3 is 14.7 Å². The van der Waals surface area contributed by atoms with E-state index in [0.29, 0.717) is 5.75 Å². The van der Waals surface area contributed by atoms with Gasteiger partial charge in [-0.1, -0.05) is 15.9 Å². The molecule has 1 N–H and O–H groups in total. The Kier molecular flexibility index (Phi) is 5.56. The topological polar surface area (TPSA) is 66.8 Å². The Morgan fingerprint density at radius 1 is 1.25 bits per heavy atom. The van der Waals surface area contributed by atoms with Gasteiger partial charge in [0.2, 0.25) is 0 Å². The van der Waals surface area contributed by atoms with Crippen LogP contribution in [0.2, 0.25) is 0 Å². The highest BCUT2D eigenvalue weighted by atomic mass is 79.9. The number of aliphatic carboxylic acids is 1. The van der Waals surface area contributed by atoms with Gasteiger partial charge in [0.15, 0.2) is 6.61 Å². The molecule has 6 heteroatoms. The molecular formula is C14H18BrNO4. The van der Waals surface area contributed by atoms with E-state index < -0.39 is 11.5 Å². The summed E-state index contributed by atoms with van der Waals surface area (Å²) in [5.41, 5.74) is -0.571. The summed E-state index contributed by atoms with van der Waals surface area (Å²) in [7, 11) is 0. The molecular weight excluding hydrogens is 326 g/mol. The van der Waals surface area contributed by atoms with Crippen LogP contribution in [0.15, 0.2) is 28.7 Å². The third kappa shape index (κ3) is 5.21. The van der Waals surface area contributed by atoms with Gasteiger partial charge in [-0.3, -0.25) is 9.59 Å². The number of hydrogen-bond donors (Lipinski definition) is 1. The van der Waals surface area contributed by atoms with Crippen molar-refractivity contribution in [2.24, 2.45) is 0 Å². The smallest absolute Gasteiger partial charge is 0.323 e. The Labute approximate surface area is 126 Å². The maximum atomic E-state index is 12.1.